The van der Waals surface area contributed by atoms with Gasteiger partial charge in [-0.2, -0.15) is 10.1 Å². The van der Waals surface area contributed by atoms with E-state index in [4.69, 9.17) is 4.52 Å². The zero-order chi connectivity index (χ0) is 17.7. The minimum atomic E-state index is -0.164. The lowest BCUT2D eigenvalue weighted by Crippen LogP contribution is -2.42. The van der Waals surface area contributed by atoms with Crippen LogP contribution in [-0.4, -0.2) is 38.5 Å². The molecule has 0 spiro atoms. The molecular formula is C16H26N6O2. The summed E-state index contributed by atoms with van der Waals surface area (Å²) in [5.41, 5.74) is 3.34. The number of aromatic nitrogens is 4. The molecule has 24 heavy (non-hydrogen) atoms. The van der Waals surface area contributed by atoms with E-state index in [1.165, 1.54) is 5.56 Å². The Hall–Kier alpha value is -2.38. The standard InChI is InChI=1S/C16H26N6O2/c1-10(9-14-11(2)20-22(5)12(14)3)18-16(23)17-8-6-7-15-19-13(4)21-24-15/h10H,6-9H2,1-5H3,(H2,17,18,23)/t10-/m0/s1. The van der Waals surface area contributed by atoms with Crippen LogP contribution in [0.4, 0.5) is 4.79 Å². The molecule has 1 atom stereocenters. The van der Waals surface area contributed by atoms with Crippen LogP contribution >= 0.6 is 0 Å². The number of hydrogen-bond donors (Lipinski definition) is 2. The second-order valence-electron chi connectivity index (χ2n) is 6.12. The van der Waals surface area contributed by atoms with Crippen LogP contribution in [0.2, 0.25) is 0 Å². The number of rotatable bonds is 7. The van der Waals surface area contributed by atoms with Gasteiger partial charge in [0.25, 0.3) is 0 Å². The molecule has 2 amide bonds. The van der Waals surface area contributed by atoms with Crippen LogP contribution in [0.1, 0.15) is 42.0 Å². The smallest absolute Gasteiger partial charge is 0.315 e. The van der Waals surface area contributed by atoms with Gasteiger partial charge in [0.1, 0.15) is 0 Å². The van der Waals surface area contributed by atoms with E-state index in [2.05, 4.69) is 25.9 Å². The highest BCUT2D eigenvalue weighted by Crippen LogP contribution is 2.14. The van der Waals surface area contributed by atoms with E-state index in [9.17, 15) is 4.79 Å². The maximum Gasteiger partial charge on any atom is 0.315 e. The van der Waals surface area contributed by atoms with Crippen molar-refractivity contribution in [1.29, 1.82) is 0 Å². The molecule has 2 aromatic heterocycles. The second-order valence-corrected chi connectivity index (χ2v) is 6.12. The molecule has 0 unspecified atom stereocenters. The fraction of sp³-hybridized carbons (Fsp3) is 0.625. The zero-order valence-electron chi connectivity index (χ0n) is 15.0. The molecule has 2 aromatic rings. The molecule has 0 saturated heterocycles. The largest absolute Gasteiger partial charge is 0.339 e. The number of carbonyl (C=O) groups is 1. The summed E-state index contributed by atoms with van der Waals surface area (Å²) < 4.78 is 6.90. The fourth-order valence-electron chi connectivity index (χ4n) is 2.63. The van der Waals surface area contributed by atoms with Gasteiger partial charge in [-0.1, -0.05) is 5.16 Å². The molecule has 0 aliphatic heterocycles. The first kappa shape index (κ1) is 18.0. The van der Waals surface area contributed by atoms with Crippen LogP contribution in [0.5, 0.6) is 0 Å². The summed E-state index contributed by atoms with van der Waals surface area (Å²) in [6.45, 7) is 8.37. The van der Waals surface area contributed by atoms with Crippen LogP contribution in [0.25, 0.3) is 0 Å². The molecule has 0 radical (unpaired) electrons. The molecule has 132 valence electrons. The molecule has 0 bridgehead atoms. The summed E-state index contributed by atoms with van der Waals surface area (Å²) in [5, 5.41) is 13.9. The molecule has 0 saturated carbocycles. The third-order valence-corrected chi connectivity index (χ3v) is 3.97. The molecule has 2 N–H and O–H groups in total. The highest BCUT2D eigenvalue weighted by Gasteiger charge is 2.14. The Bertz CT molecular complexity index is 691. The lowest BCUT2D eigenvalue weighted by Gasteiger charge is -2.15. The van der Waals surface area contributed by atoms with Crippen LogP contribution < -0.4 is 10.6 Å². The van der Waals surface area contributed by atoms with Crippen LogP contribution in [0.3, 0.4) is 0 Å². The normalized spacial score (nSPS) is 12.2. The molecular weight excluding hydrogens is 308 g/mol. The predicted molar refractivity (Wildman–Crippen MR) is 89.7 cm³/mol. The van der Waals surface area contributed by atoms with E-state index < -0.39 is 0 Å². The van der Waals surface area contributed by atoms with E-state index in [1.54, 1.807) is 6.92 Å². The number of amides is 2. The summed E-state index contributed by atoms with van der Waals surface area (Å²) >= 11 is 0. The van der Waals surface area contributed by atoms with Crippen LogP contribution in [0, 0.1) is 20.8 Å². The monoisotopic (exact) mass is 334 g/mol. The molecule has 2 rings (SSSR count). The number of aryl methyl sites for hydroxylation is 4. The average molecular weight is 334 g/mol. The Morgan fingerprint density at radius 3 is 2.67 bits per heavy atom. The highest BCUT2D eigenvalue weighted by atomic mass is 16.5. The van der Waals surface area contributed by atoms with Crippen molar-refractivity contribution in [2.75, 3.05) is 6.54 Å². The van der Waals surface area contributed by atoms with Crippen LogP contribution in [0.15, 0.2) is 4.52 Å². The van der Waals surface area contributed by atoms with Crippen molar-refractivity contribution in [2.45, 2.75) is 53.0 Å². The van der Waals surface area contributed by atoms with E-state index in [0.29, 0.717) is 24.7 Å². The molecule has 8 nitrogen and oxygen atoms in total. The van der Waals surface area contributed by atoms with Gasteiger partial charge >= 0.3 is 6.03 Å². The van der Waals surface area contributed by atoms with Gasteiger partial charge in [-0.05, 0) is 46.1 Å². The highest BCUT2D eigenvalue weighted by molar-refractivity contribution is 5.74. The summed E-state index contributed by atoms with van der Waals surface area (Å²) in [5.74, 6) is 1.23. The Balaban J connectivity index is 1.69. The summed E-state index contributed by atoms with van der Waals surface area (Å²) in [6, 6.07) is -0.131. The Kier molecular flexibility index (Phi) is 5.94. The number of nitrogens with one attached hydrogen (secondary N) is 2. The quantitative estimate of drug-likeness (QED) is 0.749. The first-order valence-electron chi connectivity index (χ1n) is 8.19. The Morgan fingerprint density at radius 1 is 1.33 bits per heavy atom. The lowest BCUT2D eigenvalue weighted by molar-refractivity contribution is 0.237. The number of carbonyl (C=O) groups excluding carboxylic acids is 1. The fourth-order valence-corrected chi connectivity index (χ4v) is 2.63. The molecule has 8 heteroatoms. The molecule has 0 aliphatic rings. The van der Waals surface area contributed by atoms with Crippen molar-refractivity contribution in [3.05, 3.63) is 28.7 Å². The van der Waals surface area contributed by atoms with Gasteiger partial charge in [-0.25, -0.2) is 4.79 Å². The first-order valence-corrected chi connectivity index (χ1v) is 8.19. The number of nitrogens with zero attached hydrogens (tertiary/aromatic N) is 4. The topological polar surface area (TPSA) is 97.9 Å². The molecule has 2 heterocycles. The first-order chi connectivity index (χ1) is 11.4. The van der Waals surface area contributed by atoms with Crippen molar-refractivity contribution in [3.8, 4) is 0 Å². The minimum absolute atomic E-state index is 0.0326. The Morgan fingerprint density at radius 2 is 2.08 bits per heavy atom. The minimum Gasteiger partial charge on any atom is -0.339 e. The number of hydrogen-bond acceptors (Lipinski definition) is 5. The van der Waals surface area contributed by atoms with Gasteiger partial charge in [0, 0.05) is 31.7 Å². The van der Waals surface area contributed by atoms with Gasteiger partial charge in [0.2, 0.25) is 5.89 Å². The van der Waals surface area contributed by atoms with Crippen molar-refractivity contribution in [3.63, 3.8) is 0 Å². The maximum absolute atomic E-state index is 11.9. The summed E-state index contributed by atoms with van der Waals surface area (Å²) in [4.78, 5) is 16.1. The van der Waals surface area contributed by atoms with Crippen molar-refractivity contribution < 1.29 is 9.32 Å². The van der Waals surface area contributed by atoms with Crippen molar-refractivity contribution in [1.82, 2.24) is 30.6 Å². The molecule has 0 fully saturated rings. The molecule has 0 aliphatic carbocycles. The zero-order valence-corrected chi connectivity index (χ0v) is 15.0. The van der Waals surface area contributed by atoms with Crippen molar-refractivity contribution >= 4 is 6.03 Å². The number of urea groups is 1. The van der Waals surface area contributed by atoms with Gasteiger partial charge < -0.3 is 15.2 Å². The molecule has 0 aromatic carbocycles. The maximum atomic E-state index is 11.9. The second kappa shape index (κ2) is 7.94. The SMILES string of the molecule is Cc1noc(CCCNC(=O)N[C@@H](C)Cc2c(C)nn(C)c2C)n1. The Labute approximate surface area is 142 Å². The summed E-state index contributed by atoms with van der Waals surface area (Å²) in [7, 11) is 1.93. The van der Waals surface area contributed by atoms with Gasteiger partial charge in [0.15, 0.2) is 5.82 Å². The van der Waals surface area contributed by atoms with E-state index in [-0.39, 0.29) is 12.1 Å². The van der Waals surface area contributed by atoms with Gasteiger partial charge in [-0.3, -0.25) is 4.68 Å². The van der Waals surface area contributed by atoms with Crippen LogP contribution in [-0.2, 0) is 19.9 Å². The lowest BCUT2D eigenvalue weighted by atomic mass is 10.1. The third-order valence-electron chi connectivity index (χ3n) is 3.97. The predicted octanol–water partition coefficient (Wildman–Crippen LogP) is 1.59. The van der Waals surface area contributed by atoms with E-state index >= 15 is 0 Å². The van der Waals surface area contributed by atoms with E-state index in [0.717, 1.165) is 24.2 Å². The van der Waals surface area contributed by atoms with Gasteiger partial charge in [0.05, 0.1) is 5.69 Å². The average Bonchev–Trinajstić information content (AvgIpc) is 3.02. The third kappa shape index (κ3) is 4.81. The van der Waals surface area contributed by atoms with Gasteiger partial charge in [-0.15, -0.1) is 0 Å². The van der Waals surface area contributed by atoms with E-state index in [1.807, 2.05) is 32.5 Å². The van der Waals surface area contributed by atoms with Crippen molar-refractivity contribution in [2.24, 2.45) is 7.05 Å². The summed E-state index contributed by atoms with van der Waals surface area (Å²) in [6.07, 6.45) is 2.18.